The van der Waals surface area contributed by atoms with Crippen molar-refractivity contribution < 1.29 is 13.2 Å². The fourth-order valence-corrected chi connectivity index (χ4v) is 5.34. The number of hydrogen-bond donors (Lipinski definition) is 1. The maximum atomic E-state index is 12.8. The van der Waals surface area contributed by atoms with E-state index in [4.69, 9.17) is 0 Å². The van der Waals surface area contributed by atoms with Gasteiger partial charge in [-0.3, -0.25) is 0 Å². The number of piperidine rings is 2. The van der Waals surface area contributed by atoms with Gasteiger partial charge in [0, 0.05) is 31.9 Å². The molecule has 0 aliphatic carbocycles. The largest absolute Gasteiger partial charge is 0.324 e. The lowest BCUT2D eigenvalue weighted by Crippen LogP contribution is -2.42. The van der Waals surface area contributed by atoms with E-state index >= 15 is 0 Å². The Morgan fingerprint density at radius 3 is 2.65 bits per heavy atom. The van der Waals surface area contributed by atoms with Crippen LogP contribution in [0.4, 0.5) is 10.5 Å². The zero-order valence-corrected chi connectivity index (χ0v) is 16.3. The van der Waals surface area contributed by atoms with E-state index in [1.165, 1.54) is 6.42 Å². The number of carbonyl (C=O) groups is 1. The van der Waals surface area contributed by atoms with Crippen molar-refractivity contribution in [1.29, 1.82) is 0 Å². The molecular formula is C19H29N3O3S. The van der Waals surface area contributed by atoms with Crippen LogP contribution < -0.4 is 5.32 Å². The van der Waals surface area contributed by atoms with Gasteiger partial charge in [-0.25, -0.2) is 13.2 Å². The molecule has 2 saturated heterocycles. The molecule has 144 valence electrons. The Morgan fingerprint density at radius 1 is 1.15 bits per heavy atom. The van der Waals surface area contributed by atoms with Crippen LogP contribution in [0.3, 0.4) is 0 Å². The number of hydrogen-bond acceptors (Lipinski definition) is 3. The topological polar surface area (TPSA) is 69.7 Å². The molecule has 1 N–H and O–H groups in total. The predicted molar refractivity (Wildman–Crippen MR) is 103 cm³/mol. The SMILES string of the molecule is CCC1CCCN(C(=O)Nc2cccc(S(=O)(=O)N3CCCCC3)c2)C1. The van der Waals surface area contributed by atoms with Crippen molar-refractivity contribution in [3.63, 3.8) is 0 Å². The van der Waals surface area contributed by atoms with Crippen LogP contribution in [0.15, 0.2) is 29.2 Å². The lowest BCUT2D eigenvalue weighted by atomic mass is 9.96. The predicted octanol–water partition coefficient (Wildman–Crippen LogP) is 3.52. The zero-order valence-electron chi connectivity index (χ0n) is 15.5. The minimum atomic E-state index is -3.49. The molecule has 3 rings (SSSR count). The molecular weight excluding hydrogens is 350 g/mol. The zero-order chi connectivity index (χ0) is 18.6. The highest BCUT2D eigenvalue weighted by atomic mass is 32.2. The van der Waals surface area contributed by atoms with Gasteiger partial charge in [-0.2, -0.15) is 4.31 Å². The van der Waals surface area contributed by atoms with Crippen molar-refractivity contribution in [3.8, 4) is 0 Å². The van der Waals surface area contributed by atoms with Crippen LogP contribution in [-0.2, 0) is 10.0 Å². The molecule has 0 aromatic heterocycles. The summed E-state index contributed by atoms with van der Waals surface area (Å²) in [5.74, 6) is 0.556. The molecule has 0 radical (unpaired) electrons. The summed E-state index contributed by atoms with van der Waals surface area (Å²) in [6.45, 7) is 4.83. The van der Waals surface area contributed by atoms with E-state index in [1.54, 1.807) is 28.6 Å². The average molecular weight is 380 g/mol. The Kier molecular flexibility index (Phi) is 6.19. The first kappa shape index (κ1) is 19.2. The summed E-state index contributed by atoms with van der Waals surface area (Å²) in [5.41, 5.74) is 0.534. The van der Waals surface area contributed by atoms with E-state index in [9.17, 15) is 13.2 Å². The molecule has 1 unspecified atom stereocenters. The Hall–Kier alpha value is -1.60. The molecule has 2 fully saturated rings. The van der Waals surface area contributed by atoms with Crippen molar-refractivity contribution in [2.75, 3.05) is 31.5 Å². The number of nitrogens with zero attached hydrogens (tertiary/aromatic N) is 2. The van der Waals surface area contributed by atoms with Gasteiger partial charge in [0.05, 0.1) is 4.90 Å². The Morgan fingerprint density at radius 2 is 1.92 bits per heavy atom. The van der Waals surface area contributed by atoms with E-state index in [0.717, 1.165) is 45.2 Å². The molecule has 2 amide bonds. The quantitative estimate of drug-likeness (QED) is 0.870. The van der Waals surface area contributed by atoms with Gasteiger partial charge in [0.15, 0.2) is 0 Å². The molecule has 1 aromatic rings. The summed E-state index contributed by atoms with van der Waals surface area (Å²) in [7, 11) is -3.49. The van der Waals surface area contributed by atoms with Crippen molar-refractivity contribution in [2.45, 2.75) is 50.3 Å². The highest BCUT2D eigenvalue weighted by Crippen LogP contribution is 2.24. The van der Waals surface area contributed by atoms with Gasteiger partial charge >= 0.3 is 6.03 Å². The Balaban J connectivity index is 1.70. The fraction of sp³-hybridized carbons (Fsp3) is 0.632. The van der Waals surface area contributed by atoms with E-state index in [-0.39, 0.29) is 10.9 Å². The molecule has 7 heteroatoms. The van der Waals surface area contributed by atoms with Crippen LogP contribution in [0.2, 0.25) is 0 Å². The third-order valence-electron chi connectivity index (χ3n) is 5.42. The van der Waals surface area contributed by atoms with Crippen LogP contribution in [0.1, 0.15) is 45.4 Å². The number of benzene rings is 1. The summed E-state index contributed by atoms with van der Waals surface area (Å²) >= 11 is 0. The minimum Gasteiger partial charge on any atom is -0.324 e. The standard InChI is InChI=1S/C19H29N3O3S/c1-2-16-8-7-11-21(15-16)19(23)20-17-9-6-10-18(14-17)26(24,25)22-12-4-3-5-13-22/h6,9-10,14,16H,2-5,7-8,11-13,15H2,1H3,(H,20,23). The number of urea groups is 1. The highest BCUT2D eigenvalue weighted by Gasteiger charge is 2.27. The van der Waals surface area contributed by atoms with Gasteiger partial charge in [0.1, 0.15) is 0 Å². The highest BCUT2D eigenvalue weighted by molar-refractivity contribution is 7.89. The molecule has 6 nitrogen and oxygen atoms in total. The first-order valence-electron chi connectivity index (χ1n) is 9.67. The average Bonchev–Trinajstić information content (AvgIpc) is 2.69. The number of sulfonamides is 1. The number of amides is 2. The van der Waals surface area contributed by atoms with Crippen molar-refractivity contribution in [3.05, 3.63) is 24.3 Å². The van der Waals surface area contributed by atoms with Crippen LogP contribution in [0.25, 0.3) is 0 Å². The third-order valence-corrected chi connectivity index (χ3v) is 7.32. The summed E-state index contributed by atoms with van der Waals surface area (Å²) in [5, 5.41) is 2.88. The maximum absolute atomic E-state index is 12.8. The van der Waals surface area contributed by atoms with E-state index in [1.807, 2.05) is 4.90 Å². The molecule has 0 spiro atoms. The lowest BCUT2D eigenvalue weighted by molar-refractivity contribution is 0.176. The molecule has 2 heterocycles. The summed E-state index contributed by atoms with van der Waals surface area (Å²) in [6, 6.07) is 6.47. The number of nitrogens with one attached hydrogen (secondary N) is 1. The molecule has 1 aromatic carbocycles. The number of carbonyl (C=O) groups excluding carboxylic acids is 1. The molecule has 26 heavy (non-hydrogen) atoms. The van der Waals surface area contributed by atoms with Crippen molar-refractivity contribution in [1.82, 2.24) is 9.21 Å². The van der Waals surface area contributed by atoms with Crippen LogP contribution in [-0.4, -0.2) is 49.8 Å². The van der Waals surface area contributed by atoms with Crippen LogP contribution in [0.5, 0.6) is 0 Å². The Labute approximate surface area is 156 Å². The van der Waals surface area contributed by atoms with Crippen molar-refractivity contribution in [2.24, 2.45) is 5.92 Å². The van der Waals surface area contributed by atoms with Gasteiger partial charge in [-0.1, -0.05) is 25.8 Å². The molecule has 0 bridgehead atoms. The molecule has 1 atom stereocenters. The first-order valence-corrected chi connectivity index (χ1v) is 11.1. The van der Waals surface area contributed by atoms with Gasteiger partial charge in [0.25, 0.3) is 0 Å². The van der Waals surface area contributed by atoms with Gasteiger partial charge in [0.2, 0.25) is 10.0 Å². The van der Waals surface area contributed by atoms with Gasteiger partial charge < -0.3 is 10.2 Å². The molecule has 0 saturated carbocycles. The number of anilines is 1. The van der Waals surface area contributed by atoms with Crippen LogP contribution >= 0.6 is 0 Å². The third kappa shape index (κ3) is 4.38. The lowest BCUT2D eigenvalue weighted by Gasteiger charge is -2.32. The second-order valence-electron chi connectivity index (χ2n) is 7.29. The summed E-state index contributed by atoms with van der Waals surface area (Å²) in [6.07, 6.45) is 6.16. The van der Waals surface area contributed by atoms with E-state index in [0.29, 0.717) is 24.7 Å². The smallest absolute Gasteiger partial charge is 0.321 e. The molecule has 2 aliphatic heterocycles. The maximum Gasteiger partial charge on any atom is 0.321 e. The summed E-state index contributed by atoms with van der Waals surface area (Å²) in [4.78, 5) is 14.6. The number of rotatable bonds is 4. The second-order valence-corrected chi connectivity index (χ2v) is 9.22. The fourth-order valence-electron chi connectivity index (χ4n) is 3.77. The van der Waals surface area contributed by atoms with Gasteiger partial charge in [-0.05, 0) is 49.8 Å². The number of likely N-dealkylation sites (tertiary alicyclic amines) is 1. The monoisotopic (exact) mass is 379 g/mol. The normalized spacial score (nSPS) is 22.2. The minimum absolute atomic E-state index is 0.143. The Bertz CT molecular complexity index is 729. The first-order chi connectivity index (χ1) is 12.5. The summed E-state index contributed by atoms with van der Waals surface area (Å²) < 4.78 is 27.2. The van der Waals surface area contributed by atoms with Crippen molar-refractivity contribution >= 4 is 21.7 Å². The molecule has 2 aliphatic rings. The van der Waals surface area contributed by atoms with Gasteiger partial charge in [-0.15, -0.1) is 0 Å². The van der Waals surface area contributed by atoms with E-state index < -0.39 is 10.0 Å². The van der Waals surface area contributed by atoms with Crippen LogP contribution in [0, 0.1) is 5.92 Å². The van der Waals surface area contributed by atoms with E-state index in [2.05, 4.69) is 12.2 Å². The second kappa shape index (κ2) is 8.39.